The zero-order chi connectivity index (χ0) is 17.4. The summed E-state index contributed by atoms with van der Waals surface area (Å²) < 4.78 is 53.2. The van der Waals surface area contributed by atoms with Crippen LogP contribution in [0, 0.1) is 17.6 Å². The first-order chi connectivity index (χ1) is 11.3. The van der Waals surface area contributed by atoms with E-state index in [0.29, 0.717) is 11.6 Å². The average molecular weight is 353 g/mol. The molecule has 2 aromatic carbocycles. The highest BCUT2D eigenvalue weighted by molar-refractivity contribution is 7.89. The number of rotatable bonds is 6. The van der Waals surface area contributed by atoms with Crippen molar-refractivity contribution in [2.45, 2.75) is 23.3 Å². The van der Waals surface area contributed by atoms with Gasteiger partial charge in [-0.2, -0.15) is 0 Å². The van der Waals surface area contributed by atoms with Crippen LogP contribution in [0.3, 0.4) is 0 Å². The molecule has 1 fully saturated rings. The van der Waals surface area contributed by atoms with Gasteiger partial charge in [-0.3, -0.25) is 0 Å². The fourth-order valence-electron chi connectivity index (χ4n) is 2.70. The molecule has 0 saturated heterocycles. The number of hydrogen-bond donors (Lipinski definition) is 2. The smallest absolute Gasteiger partial charge is 0.240 e. The van der Waals surface area contributed by atoms with Crippen molar-refractivity contribution in [2.24, 2.45) is 5.92 Å². The molecule has 2 aromatic rings. The molecule has 0 aliphatic heterocycles. The molecule has 128 valence electrons. The van der Waals surface area contributed by atoms with Crippen LogP contribution < -0.4 is 4.72 Å². The molecule has 1 aliphatic carbocycles. The maximum atomic E-state index is 13.3. The highest BCUT2D eigenvalue weighted by Crippen LogP contribution is 2.45. The van der Waals surface area contributed by atoms with Crippen LogP contribution in [-0.4, -0.2) is 20.1 Å². The van der Waals surface area contributed by atoms with Crippen molar-refractivity contribution in [3.05, 3.63) is 65.7 Å². The van der Waals surface area contributed by atoms with Gasteiger partial charge in [0.2, 0.25) is 10.0 Å². The van der Waals surface area contributed by atoms with E-state index in [4.69, 9.17) is 0 Å². The molecule has 1 aliphatic rings. The van der Waals surface area contributed by atoms with E-state index in [1.807, 2.05) is 6.07 Å². The third-order valence-corrected chi connectivity index (χ3v) is 5.66. The highest BCUT2D eigenvalue weighted by atomic mass is 32.2. The van der Waals surface area contributed by atoms with E-state index in [0.717, 1.165) is 25.0 Å². The van der Waals surface area contributed by atoms with Gasteiger partial charge in [0.25, 0.3) is 0 Å². The maximum absolute atomic E-state index is 13.3. The Morgan fingerprint density at radius 2 is 1.75 bits per heavy atom. The van der Waals surface area contributed by atoms with Crippen molar-refractivity contribution in [3.63, 3.8) is 0 Å². The molecule has 0 radical (unpaired) electrons. The third-order valence-electron chi connectivity index (χ3n) is 4.26. The Hall–Kier alpha value is -1.83. The van der Waals surface area contributed by atoms with E-state index >= 15 is 0 Å². The Kier molecular flexibility index (Phi) is 4.42. The topological polar surface area (TPSA) is 66.4 Å². The number of aliphatic hydroxyl groups is 1. The Labute approximate surface area is 139 Å². The monoisotopic (exact) mass is 353 g/mol. The lowest BCUT2D eigenvalue weighted by Crippen LogP contribution is -2.42. The minimum Gasteiger partial charge on any atom is -0.383 e. The summed E-state index contributed by atoms with van der Waals surface area (Å²) in [4.78, 5) is -0.382. The zero-order valence-electron chi connectivity index (χ0n) is 12.7. The predicted octanol–water partition coefficient (Wildman–Crippen LogP) is 2.54. The summed E-state index contributed by atoms with van der Waals surface area (Å²) >= 11 is 0. The first-order valence-corrected chi connectivity index (χ1v) is 9.04. The van der Waals surface area contributed by atoms with Crippen molar-refractivity contribution >= 4 is 10.0 Å². The van der Waals surface area contributed by atoms with Gasteiger partial charge < -0.3 is 5.11 Å². The Morgan fingerprint density at radius 3 is 2.33 bits per heavy atom. The normalized spacial score (nSPS) is 17.5. The van der Waals surface area contributed by atoms with E-state index in [-0.39, 0.29) is 17.4 Å². The fraction of sp³-hybridized carbons (Fsp3) is 0.294. The van der Waals surface area contributed by atoms with Crippen LogP contribution >= 0.6 is 0 Å². The first kappa shape index (κ1) is 17.0. The molecule has 1 atom stereocenters. The van der Waals surface area contributed by atoms with Gasteiger partial charge in [-0.25, -0.2) is 21.9 Å². The molecule has 24 heavy (non-hydrogen) atoms. The lowest BCUT2D eigenvalue weighted by molar-refractivity contribution is 0.0185. The number of benzene rings is 2. The molecule has 0 amide bonds. The summed E-state index contributed by atoms with van der Waals surface area (Å²) in [6.07, 6.45) is 1.61. The molecule has 1 saturated carbocycles. The van der Waals surface area contributed by atoms with Crippen molar-refractivity contribution < 1.29 is 22.3 Å². The first-order valence-electron chi connectivity index (χ1n) is 7.55. The number of sulfonamides is 1. The maximum Gasteiger partial charge on any atom is 0.240 e. The number of hydrogen-bond acceptors (Lipinski definition) is 3. The minimum atomic E-state index is -4.06. The summed E-state index contributed by atoms with van der Waals surface area (Å²) in [5, 5.41) is 11.0. The van der Waals surface area contributed by atoms with Crippen LogP contribution in [0.25, 0.3) is 0 Å². The molecule has 3 rings (SSSR count). The van der Waals surface area contributed by atoms with Crippen molar-refractivity contribution in [3.8, 4) is 0 Å². The van der Waals surface area contributed by atoms with Crippen LogP contribution in [0.4, 0.5) is 8.78 Å². The molecule has 4 nitrogen and oxygen atoms in total. The van der Waals surface area contributed by atoms with E-state index in [2.05, 4.69) is 4.72 Å². The van der Waals surface area contributed by atoms with Gasteiger partial charge in [0, 0.05) is 6.54 Å². The summed E-state index contributed by atoms with van der Waals surface area (Å²) in [7, 11) is -4.06. The average Bonchev–Trinajstić information content (AvgIpc) is 3.41. The second-order valence-electron chi connectivity index (χ2n) is 5.97. The molecule has 0 spiro atoms. The van der Waals surface area contributed by atoms with Crippen molar-refractivity contribution in [1.82, 2.24) is 4.72 Å². The summed E-state index contributed by atoms with van der Waals surface area (Å²) in [6, 6.07) is 11.2. The quantitative estimate of drug-likeness (QED) is 0.839. The molecule has 0 bridgehead atoms. The lowest BCUT2D eigenvalue weighted by Gasteiger charge is -2.29. The second-order valence-corrected chi connectivity index (χ2v) is 7.73. The van der Waals surface area contributed by atoms with Crippen LogP contribution in [-0.2, 0) is 15.6 Å². The van der Waals surface area contributed by atoms with E-state index < -0.39 is 27.3 Å². The molecule has 0 aromatic heterocycles. The van der Waals surface area contributed by atoms with Gasteiger partial charge in [0.05, 0.1) is 4.90 Å². The highest BCUT2D eigenvalue weighted by Gasteiger charge is 2.45. The van der Waals surface area contributed by atoms with Crippen molar-refractivity contribution in [2.75, 3.05) is 6.54 Å². The van der Waals surface area contributed by atoms with Gasteiger partial charge >= 0.3 is 0 Å². The van der Waals surface area contributed by atoms with Gasteiger partial charge in [0.15, 0.2) is 11.6 Å². The van der Waals surface area contributed by atoms with Crippen LogP contribution in [0.1, 0.15) is 18.4 Å². The molecule has 1 unspecified atom stereocenters. The minimum absolute atomic E-state index is 0.0347. The summed E-state index contributed by atoms with van der Waals surface area (Å²) in [6.45, 7) is -0.233. The van der Waals surface area contributed by atoms with Crippen LogP contribution in [0.15, 0.2) is 53.4 Å². The molecule has 7 heteroatoms. The fourth-order valence-corrected chi connectivity index (χ4v) is 3.78. The third kappa shape index (κ3) is 3.33. The number of nitrogens with one attached hydrogen (secondary N) is 1. The molecule has 0 heterocycles. The second kappa shape index (κ2) is 6.23. The van der Waals surface area contributed by atoms with Crippen LogP contribution in [0.2, 0.25) is 0 Å². The van der Waals surface area contributed by atoms with E-state index in [9.17, 15) is 22.3 Å². The Balaban J connectivity index is 1.83. The van der Waals surface area contributed by atoms with E-state index in [1.54, 1.807) is 24.3 Å². The SMILES string of the molecule is O=S(=O)(NCC(O)(c1ccccc1)C1CC1)c1ccc(F)c(F)c1. The number of halogens is 2. The Bertz CT molecular complexity index is 838. The molecule has 2 N–H and O–H groups in total. The summed E-state index contributed by atoms with van der Waals surface area (Å²) in [5.41, 5.74) is -0.701. The van der Waals surface area contributed by atoms with Gasteiger partial charge in [-0.15, -0.1) is 0 Å². The van der Waals surface area contributed by atoms with Crippen molar-refractivity contribution in [1.29, 1.82) is 0 Å². The molecular weight excluding hydrogens is 336 g/mol. The largest absolute Gasteiger partial charge is 0.383 e. The molecular formula is C17H17F2NO3S. The standard InChI is InChI=1S/C17H17F2NO3S/c18-15-9-8-14(10-16(15)19)24(22,23)20-11-17(21,13-6-7-13)12-4-2-1-3-5-12/h1-5,8-10,13,20-21H,6-7,11H2. The van der Waals surface area contributed by atoms with Gasteiger partial charge in [-0.05, 0) is 42.5 Å². The van der Waals surface area contributed by atoms with Gasteiger partial charge in [-0.1, -0.05) is 30.3 Å². The van der Waals surface area contributed by atoms with Crippen LogP contribution in [0.5, 0.6) is 0 Å². The zero-order valence-corrected chi connectivity index (χ0v) is 13.6. The van der Waals surface area contributed by atoms with Gasteiger partial charge in [0.1, 0.15) is 5.60 Å². The Morgan fingerprint density at radius 1 is 1.08 bits per heavy atom. The predicted molar refractivity (Wildman–Crippen MR) is 84.6 cm³/mol. The van der Waals surface area contributed by atoms with E-state index in [1.165, 1.54) is 0 Å². The lowest BCUT2D eigenvalue weighted by atomic mass is 9.89. The summed E-state index contributed by atoms with van der Waals surface area (Å²) in [5.74, 6) is -2.39.